The summed E-state index contributed by atoms with van der Waals surface area (Å²) in [7, 11) is 0. The molecule has 6 rings (SSSR count). The fraction of sp³-hybridized carbons (Fsp3) is 0.581. The van der Waals surface area contributed by atoms with Gasteiger partial charge in [0.25, 0.3) is 0 Å². The fourth-order valence-electron chi connectivity index (χ4n) is 6.85. The molecule has 5 heterocycles. The third-order valence-electron chi connectivity index (χ3n) is 9.09. The molecule has 9 nitrogen and oxygen atoms in total. The van der Waals surface area contributed by atoms with E-state index in [2.05, 4.69) is 39.2 Å². The lowest BCUT2D eigenvalue weighted by Gasteiger charge is -2.43. The Morgan fingerprint density at radius 3 is 2.59 bits per heavy atom. The number of morpholine rings is 1. The number of ether oxygens (including phenoxy) is 1. The van der Waals surface area contributed by atoms with Crippen LogP contribution in [0.5, 0.6) is 0 Å². The Balaban J connectivity index is 1.36. The SMILES string of the molecule is C[C@@H]1CN(CC(=O)N2CC(C)(C)c3c2cc(Cc2ccc(F)cc2)c2nnc(C(F)(F)F)n32)[C@@H](CN2CCOC[C@H]2C)CN1. The number of piperazine rings is 1. The van der Waals surface area contributed by atoms with Gasteiger partial charge in [0.1, 0.15) is 5.82 Å². The molecule has 2 saturated heterocycles. The highest BCUT2D eigenvalue weighted by molar-refractivity contribution is 5.98. The average molecular weight is 618 g/mol. The summed E-state index contributed by atoms with van der Waals surface area (Å²) in [6, 6.07) is 8.14. The number of nitrogens with zero attached hydrogens (tertiary/aromatic N) is 6. The normalized spacial score (nSPS) is 24.6. The third kappa shape index (κ3) is 5.94. The molecule has 1 amide bonds. The van der Waals surface area contributed by atoms with E-state index in [1.807, 2.05) is 13.8 Å². The number of carbonyl (C=O) groups excluding carboxylic acids is 1. The van der Waals surface area contributed by atoms with Crippen LogP contribution in [-0.4, -0.2) is 101 Å². The van der Waals surface area contributed by atoms with Crippen LogP contribution in [0.25, 0.3) is 5.65 Å². The molecule has 3 aromatic rings. The number of nitrogens with one attached hydrogen (secondary N) is 1. The standard InChI is InChI=1S/C31H39F4N7O2/c1-19-14-40(24(13-36-19)15-39-9-10-44-17-20(39)2)16-26(43)41-18-30(3,4)27-25(41)12-22(11-21-5-7-23(32)8-6-21)28-37-38-29(42(27)28)31(33,34)35/h5-8,12,19-20,24,36H,9-11,13-18H2,1-4H3/t19-,20-,24-/m1/s1. The molecule has 238 valence electrons. The molecule has 3 aliphatic heterocycles. The number of pyridine rings is 1. The van der Waals surface area contributed by atoms with Gasteiger partial charge in [-0.3, -0.25) is 19.0 Å². The molecule has 0 saturated carbocycles. The molecule has 0 spiro atoms. The van der Waals surface area contributed by atoms with Crippen LogP contribution < -0.4 is 10.2 Å². The van der Waals surface area contributed by atoms with Gasteiger partial charge in [0.15, 0.2) is 5.65 Å². The van der Waals surface area contributed by atoms with Crippen LogP contribution in [0.15, 0.2) is 30.3 Å². The molecule has 1 aromatic carbocycles. The van der Waals surface area contributed by atoms with Crippen LogP contribution in [0, 0.1) is 5.82 Å². The van der Waals surface area contributed by atoms with Crippen molar-refractivity contribution in [2.24, 2.45) is 0 Å². The van der Waals surface area contributed by atoms with Gasteiger partial charge in [-0.15, -0.1) is 10.2 Å². The van der Waals surface area contributed by atoms with Crippen molar-refractivity contribution in [3.63, 3.8) is 0 Å². The average Bonchev–Trinajstić information content (AvgIpc) is 3.52. The van der Waals surface area contributed by atoms with Crippen molar-refractivity contribution in [3.05, 3.63) is 58.8 Å². The van der Waals surface area contributed by atoms with Crippen molar-refractivity contribution in [3.8, 4) is 0 Å². The Labute approximate surface area is 254 Å². The fourth-order valence-corrected chi connectivity index (χ4v) is 6.85. The topological polar surface area (TPSA) is 78.2 Å². The quantitative estimate of drug-likeness (QED) is 0.425. The zero-order chi connectivity index (χ0) is 31.4. The largest absolute Gasteiger partial charge is 0.452 e. The van der Waals surface area contributed by atoms with E-state index in [0.717, 1.165) is 24.0 Å². The van der Waals surface area contributed by atoms with Gasteiger partial charge in [0.2, 0.25) is 11.7 Å². The Kier molecular flexibility index (Phi) is 8.18. The second-order valence-electron chi connectivity index (χ2n) is 13.1. The van der Waals surface area contributed by atoms with E-state index in [-0.39, 0.29) is 49.2 Å². The van der Waals surface area contributed by atoms with Crippen LogP contribution in [-0.2, 0) is 27.5 Å². The molecule has 2 aromatic heterocycles. The number of halogens is 4. The zero-order valence-corrected chi connectivity index (χ0v) is 25.5. The van der Waals surface area contributed by atoms with Crippen LogP contribution in [0.3, 0.4) is 0 Å². The summed E-state index contributed by atoms with van der Waals surface area (Å²) < 4.78 is 63.1. The van der Waals surface area contributed by atoms with E-state index in [4.69, 9.17) is 4.74 Å². The van der Waals surface area contributed by atoms with Gasteiger partial charge in [-0.05, 0) is 37.6 Å². The van der Waals surface area contributed by atoms with Crippen LogP contribution >= 0.6 is 0 Å². The maximum Gasteiger partial charge on any atom is 0.452 e. The minimum absolute atomic E-state index is 0.0819. The summed E-state index contributed by atoms with van der Waals surface area (Å²) in [5, 5.41) is 11.1. The van der Waals surface area contributed by atoms with Crippen molar-refractivity contribution in [2.45, 2.75) is 63.8 Å². The molecule has 3 aliphatic rings. The summed E-state index contributed by atoms with van der Waals surface area (Å²) in [5.74, 6) is -1.70. The molecule has 2 fully saturated rings. The Morgan fingerprint density at radius 2 is 1.89 bits per heavy atom. The summed E-state index contributed by atoms with van der Waals surface area (Å²) >= 11 is 0. The summed E-state index contributed by atoms with van der Waals surface area (Å²) in [5.41, 5.74) is 1.24. The smallest absolute Gasteiger partial charge is 0.379 e. The van der Waals surface area contributed by atoms with Gasteiger partial charge in [-0.25, -0.2) is 4.39 Å². The number of hydrogen-bond acceptors (Lipinski definition) is 7. The minimum Gasteiger partial charge on any atom is -0.379 e. The van der Waals surface area contributed by atoms with Gasteiger partial charge in [-0.2, -0.15) is 13.2 Å². The highest BCUT2D eigenvalue weighted by Crippen LogP contribution is 2.44. The maximum atomic E-state index is 14.3. The van der Waals surface area contributed by atoms with Gasteiger partial charge >= 0.3 is 6.18 Å². The lowest BCUT2D eigenvalue weighted by Crippen LogP contribution is -2.62. The van der Waals surface area contributed by atoms with Crippen LogP contribution in [0.2, 0.25) is 0 Å². The minimum atomic E-state index is -4.75. The number of benzene rings is 1. The number of alkyl halides is 3. The predicted octanol–water partition coefficient (Wildman–Crippen LogP) is 3.49. The van der Waals surface area contributed by atoms with Crippen molar-refractivity contribution >= 4 is 17.2 Å². The molecule has 44 heavy (non-hydrogen) atoms. The lowest BCUT2D eigenvalue weighted by molar-refractivity contribution is -0.145. The first kappa shape index (κ1) is 30.9. The Bertz CT molecular complexity index is 1520. The van der Waals surface area contributed by atoms with E-state index in [0.29, 0.717) is 42.3 Å². The van der Waals surface area contributed by atoms with Crippen molar-refractivity contribution < 1.29 is 27.1 Å². The van der Waals surface area contributed by atoms with Gasteiger partial charge in [0, 0.05) is 68.2 Å². The van der Waals surface area contributed by atoms with Crippen LogP contribution in [0.4, 0.5) is 23.2 Å². The highest BCUT2D eigenvalue weighted by atomic mass is 19.4. The summed E-state index contributed by atoms with van der Waals surface area (Å²) in [6.45, 7) is 12.7. The van der Waals surface area contributed by atoms with E-state index in [1.54, 1.807) is 23.1 Å². The van der Waals surface area contributed by atoms with Crippen molar-refractivity contribution in [1.29, 1.82) is 0 Å². The zero-order valence-electron chi connectivity index (χ0n) is 25.5. The second-order valence-corrected chi connectivity index (χ2v) is 13.1. The van der Waals surface area contributed by atoms with Crippen molar-refractivity contribution in [2.75, 3.05) is 57.4 Å². The first-order valence-electron chi connectivity index (χ1n) is 15.1. The number of anilines is 1. The molecular weight excluding hydrogens is 578 g/mol. The highest BCUT2D eigenvalue weighted by Gasteiger charge is 2.46. The molecule has 0 bridgehead atoms. The van der Waals surface area contributed by atoms with Crippen LogP contribution in [0.1, 0.15) is 50.3 Å². The molecule has 3 atom stereocenters. The number of fused-ring (bicyclic) bond motifs is 3. The number of aromatic nitrogens is 3. The first-order valence-corrected chi connectivity index (χ1v) is 15.1. The molecule has 1 N–H and O–H groups in total. The Hall–Kier alpha value is -3.13. The third-order valence-corrected chi connectivity index (χ3v) is 9.09. The van der Waals surface area contributed by atoms with E-state index < -0.39 is 23.2 Å². The maximum absolute atomic E-state index is 14.3. The van der Waals surface area contributed by atoms with E-state index >= 15 is 0 Å². The predicted molar refractivity (Wildman–Crippen MR) is 157 cm³/mol. The van der Waals surface area contributed by atoms with Gasteiger partial charge in [0.05, 0.1) is 31.1 Å². The molecule has 0 aliphatic carbocycles. The molecular formula is C31H39F4N7O2. The number of hydrogen-bond donors (Lipinski definition) is 1. The number of amides is 1. The second kappa shape index (κ2) is 11.7. The first-order chi connectivity index (χ1) is 20.8. The molecule has 13 heteroatoms. The Morgan fingerprint density at radius 1 is 1.14 bits per heavy atom. The summed E-state index contributed by atoms with van der Waals surface area (Å²) in [6.07, 6.45) is -4.55. The lowest BCUT2D eigenvalue weighted by atomic mass is 9.90. The molecule has 0 radical (unpaired) electrons. The van der Waals surface area contributed by atoms with Crippen molar-refractivity contribution in [1.82, 2.24) is 29.7 Å². The summed E-state index contributed by atoms with van der Waals surface area (Å²) in [4.78, 5) is 20.4. The van der Waals surface area contributed by atoms with E-state index in [1.165, 1.54) is 12.1 Å². The van der Waals surface area contributed by atoms with Gasteiger partial charge in [-0.1, -0.05) is 26.0 Å². The monoisotopic (exact) mass is 617 g/mol. The van der Waals surface area contributed by atoms with E-state index in [9.17, 15) is 22.4 Å². The van der Waals surface area contributed by atoms with Gasteiger partial charge < -0.3 is 15.0 Å². The number of carbonyl (C=O) groups is 1. The molecule has 0 unspecified atom stereocenters. The number of rotatable bonds is 6.